The molecule has 5 fully saturated rings. The molecule has 2 aromatic carbocycles. The fourth-order valence-corrected chi connectivity index (χ4v) is 14.8. The van der Waals surface area contributed by atoms with Crippen LogP contribution in [0.1, 0.15) is 120 Å². The lowest BCUT2D eigenvalue weighted by Gasteiger charge is -2.70. The summed E-state index contributed by atoms with van der Waals surface area (Å²) in [4.78, 5) is 0. The van der Waals surface area contributed by atoms with Crippen LogP contribution in [0.25, 0.3) is 0 Å². The van der Waals surface area contributed by atoms with Gasteiger partial charge in [0.15, 0.2) is 0 Å². The molecule has 53 heavy (non-hydrogen) atoms. The van der Waals surface area contributed by atoms with Gasteiger partial charge in [-0.3, -0.25) is 4.52 Å². The highest BCUT2D eigenvalue weighted by molar-refractivity contribution is 7.49. The molecule has 2 aromatic rings. The molecule has 4 saturated carbocycles. The van der Waals surface area contributed by atoms with E-state index in [1.165, 1.54) is 6.42 Å². The highest BCUT2D eigenvalue weighted by Crippen LogP contribution is 2.76. The standard InChI is InChI=1S/C44H65O8P/c1-39(2)23-11-24-44(8,52-39)33-20-26-43(7)38(33)34(45)28-36-41(5)25-22-37(40(3,4)35(41)21-27-42(36,43)6)51-53(46,49-31-16-12-29(47-9)13-17-31)50-32-18-14-30(48-10)15-19-32/h12-19,33-38,45H,11,20-28H2,1-10H3/t33-,34+,35-,36+,37-,38-,41-,42+,43+,44+/m0/s1. The Morgan fingerprint density at radius 1 is 0.679 bits per heavy atom. The van der Waals surface area contributed by atoms with Gasteiger partial charge in [0.05, 0.1) is 37.6 Å². The van der Waals surface area contributed by atoms with Gasteiger partial charge in [0, 0.05) is 0 Å². The molecule has 0 radical (unpaired) electrons. The van der Waals surface area contributed by atoms with Crippen LogP contribution in [-0.4, -0.2) is 42.7 Å². The Morgan fingerprint density at radius 3 is 1.77 bits per heavy atom. The molecule has 1 saturated heterocycles. The van der Waals surface area contributed by atoms with Gasteiger partial charge in [0.1, 0.15) is 23.0 Å². The lowest BCUT2D eigenvalue weighted by Crippen LogP contribution is -2.67. The number of rotatable bonds is 9. The summed E-state index contributed by atoms with van der Waals surface area (Å²) in [7, 11) is -0.966. The van der Waals surface area contributed by atoms with Crippen molar-refractivity contribution in [3.63, 3.8) is 0 Å². The molecule has 4 aliphatic carbocycles. The largest absolute Gasteiger partial charge is 0.587 e. The summed E-state index contributed by atoms with van der Waals surface area (Å²) in [6, 6.07) is 13.9. The summed E-state index contributed by atoms with van der Waals surface area (Å²) < 4.78 is 51.4. The molecule has 8 nitrogen and oxygen atoms in total. The Kier molecular flexibility index (Phi) is 9.90. The molecule has 0 unspecified atom stereocenters. The molecule has 10 atom stereocenters. The zero-order chi connectivity index (χ0) is 38.2. The van der Waals surface area contributed by atoms with E-state index in [4.69, 9.17) is 27.8 Å². The Balaban J connectivity index is 1.15. The fraction of sp³-hybridized carbons (Fsp3) is 0.727. The summed E-state index contributed by atoms with van der Waals surface area (Å²) in [6.45, 7) is 19.0. The number of hydrogen-bond acceptors (Lipinski definition) is 8. The summed E-state index contributed by atoms with van der Waals surface area (Å²) in [5.41, 5.74) is -0.582. The van der Waals surface area contributed by atoms with Gasteiger partial charge in [-0.1, -0.05) is 34.6 Å². The summed E-state index contributed by atoms with van der Waals surface area (Å²) >= 11 is 0. The molecule has 294 valence electrons. The minimum atomic E-state index is -4.18. The van der Waals surface area contributed by atoms with E-state index in [0.717, 1.165) is 51.4 Å². The predicted molar refractivity (Wildman–Crippen MR) is 208 cm³/mol. The average Bonchev–Trinajstić information content (AvgIpc) is 3.48. The van der Waals surface area contributed by atoms with Crippen LogP contribution in [0.3, 0.4) is 0 Å². The first-order valence-corrected chi connectivity index (χ1v) is 21.6. The molecule has 0 amide bonds. The van der Waals surface area contributed by atoms with E-state index in [-0.39, 0.29) is 51.0 Å². The number of benzene rings is 2. The van der Waals surface area contributed by atoms with Crippen LogP contribution in [0.4, 0.5) is 0 Å². The van der Waals surface area contributed by atoms with Crippen molar-refractivity contribution in [3.05, 3.63) is 48.5 Å². The molecule has 1 aliphatic heterocycles. The first-order valence-electron chi connectivity index (χ1n) is 20.2. The van der Waals surface area contributed by atoms with E-state index in [9.17, 15) is 9.67 Å². The van der Waals surface area contributed by atoms with E-state index in [2.05, 4.69) is 55.4 Å². The summed E-state index contributed by atoms with van der Waals surface area (Å²) in [5, 5.41) is 12.4. The molecular formula is C44H65O8P. The Morgan fingerprint density at radius 2 is 1.23 bits per heavy atom. The van der Waals surface area contributed by atoms with Crippen LogP contribution >= 0.6 is 7.82 Å². The van der Waals surface area contributed by atoms with Crippen LogP contribution in [0.15, 0.2) is 48.5 Å². The first kappa shape index (κ1) is 39.0. The Hall–Kier alpha value is -2.25. The molecule has 0 bridgehead atoms. The first-order chi connectivity index (χ1) is 24.8. The summed E-state index contributed by atoms with van der Waals surface area (Å²) in [6.07, 6.45) is 9.49. The van der Waals surface area contributed by atoms with E-state index in [1.807, 2.05) is 0 Å². The van der Waals surface area contributed by atoms with Gasteiger partial charge >= 0.3 is 7.82 Å². The molecule has 0 aromatic heterocycles. The maximum Gasteiger partial charge on any atom is 0.587 e. The zero-order valence-electron chi connectivity index (χ0n) is 33.9. The SMILES string of the molecule is COc1ccc(OP(=O)(Oc2ccc(OC)cc2)O[C@H]2CC[C@]3(C)[C@H]4C[C@@H](O)[C@@H]5[C@@H]([C@@]6(C)CCCC(C)(C)O6)CC[C@@]5(C)[C@]4(C)CC[C@H]3C2(C)C)cc1. The monoisotopic (exact) mass is 752 g/mol. The van der Waals surface area contributed by atoms with Gasteiger partial charge in [-0.05, 0) is 179 Å². The molecule has 5 aliphatic rings. The Labute approximate surface area is 318 Å². The lowest BCUT2D eigenvalue weighted by atomic mass is 9.35. The Bertz CT molecular complexity index is 1620. The third kappa shape index (κ3) is 6.53. The minimum absolute atomic E-state index is 0.0195. The van der Waals surface area contributed by atoms with Crippen molar-refractivity contribution in [2.24, 2.45) is 45.3 Å². The lowest BCUT2D eigenvalue weighted by molar-refractivity contribution is -0.256. The molecule has 1 heterocycles. The van der Waals surface area contributed by atoms with Crippen LogP contribution in [-0.2, 0) is 13.8 Å². The normalized spacial score (nSPS) is 40.3. The van der Waals surface area contributed by atoms with Gasteiger partial charge < -0.3 is 28.4 Å². The van der Waals surface area contributed by atoms with Crippen molar-refractivity contribution in [1.82, 2.24) is 0 Å². The fourth-order valence-electron chi connectivity index (χ4n) is 13.2. The third-order valence-electron chi connectivity index (χ3n) is 15.9. The second-order valence-electron chi connectivity index (χ2n) is 19.4. The average molecular weight is 753 g/mol. The second-order valence-corrected chi connectivity index (χ2v) is 20.9. The van der Waals surface area contributed by atoms with Crippen LogP contribution in [0.5, 0.6) is 23.0 Å². The number of phosphoric ester groups is 1. The van der Waals surface area contributed by atoms with Gasteiger partial charge in [-0.2, -0.15) is 0 Å². The number of phosphoric acid groups is 1. The third-order valence-corrected chi connectivity index (χ3v) is 17.3. The van der Waals surface area contributed by atoms with E-state index >= 15 is 0 Å². The van der Waals surface area contributed by atoms with Crippen LogP contribution in [0, 0.1) is 45.3 Å². The van der Waals surface area contributed by atoms with Gasteiger partial charge in [0.25, 0.3) is 0 Å². The maximum absolute atomic E-state index is 14.8. The molecule has 7 rings (SSSR count). The van der Waals surface area contributed by atoms with Gasteiger partial charge in [-0.15, -0.1) is 0 Å². The van der Waals surface area contributed by atoms with Crippen LogP contribution < -0.4 is 18.5 Å². The van der Waals surface area contributed by atoms with Crippen LogP contribution in [0.2, 0.25) is 0 Å². The van der Waals surface area contributed by atoms with E-state index in [1.54, 1.807) is 62.8 Å². The number of fused-ring (bicyclic) bond motifs is 5. The highest BCUT2D eigenvalue weighted by Gasteiger charge is 2.72. The van der Waals surface area contributed by atoms with Crippen molar-refractivity contribution in [3.8, 4) is 23.0 Å². The number of ether oxygens (including phenoxy) is 3. The number of methoxy groups -OCH3 is 2. The van der Waals surface area contributed by atoms with Crippen molar-refractivity contribution < 1.29 is 37.5 Å². The number of aliphatic hydroxyl groups is 1. The number of aliphatic hydroxyl groups excluding tert-OH is 1. The smallest absolute Gasteiger partial charge is 0.497 e. The van der Waals surface area contributed by atoms with Gasteiger partial charge in [-0.25, -0.2) is 4.57 Å². The van der Waals surface area contributed by atoms with E-state index < -0.39 is 7.82 Å². The van der Waals surface area contributed by atoms with Crippen molar-refractivity contribution in [2.45, 2.75) is 143 Å². The molecule has 1 N–H and O–H groups in total. The van der Waals surface area contributed by atoms with Crippen molar-refractivity contribution in [2.75, 3.05) is 14.2 Å². The minimum Gasteiger partial charge on any atom is -0.497 e. The van der Waals surface area contributed by atoms with E-state index in [0.29, 0.717) is 47.2 Å². The van der Waals surface area contributed by atoms with Crippen molar-refractivity contribution in [1.29, 1.82) is 0 Å². The van der Waals surface area contributed by atoms with Crippen molar-refractivity contribution >= 4 is 7.82 Å². The molecule has 0 spiro atoms. The highest BCUT2D eigenvalue weighted by atomic mass is 31.2. The molecular weight excluding hydrogens is 687 g/mol. The second kappa shape index (κ2) is 13.5. The van der Waals surface area contributed by atoms with Gasteiger partial charge in [0.2, 0.25) is 0 Å². The quantitative estimate of drug-likeness (QED) is 0.253. The summed E-state index contributed by atoms with van der Waals surface area (Å²) in [5.74, 6) is 3.33. The maximum atomic E-state index is 14.8. The zero-order valence-corrected chi connectivity index (χ0v) is 34.8. The molecule has 9 heteroatoms. The topological polar surface area (TPSA) is 92.7 Å². The number of hydrogen-bond donors (Lipinski definition) is 1. The predicted octanol–water partition coefficient (Wildman–Crippen LogP) is 11.0.